The van der Waals surface area contributed by atoms with E-state index in [1.807, 2.05) is 48.5 Å². The third-order valence-corrected chi connectivity index (χ3v) is 12.3. The second-order valence-corrected chi connectivity index (χ2v) is 17.2. The Hall–Kier alpha value is -6.39. The SMILES string of the molecule is CC(C)c1cc(-c2ccccc2)cc(C(C)C)c1-n1c(-c2[c-]ccc3c2oc2cc4c(cc23)-c2ccccc2C4(C)C)nc2ccccc21.[Ir].[c-]1ccccc1-c1ccccn1. The number of fused-ring (bicyclic) bond motifs is 7. The molecule has 62 heavy (non-hydrogen) atoms. The molecule has 0 spiro atoms. The van der Waals surface area contributed by atoms with Crippen LogP contribution in [0, 0.1) is 12.1 Å². The Balaban J connectivity index is 0.000000325. The molecule has 0 saturated carbocycles. The normalized spacial score (nSPS) is 12.6. The molecule has 0 amide bonds. The van der Waals surface area contributed by atoms with Crippen LogP contribution >= 0.6 is 0 Å². The molecule has 0 bridgehead atoms. The van der Waals surface area contributed by atoms with Gasteiger partial charge < -0.3 is 14.0 Å². The molecule has 4 nitrogen and oxygen atoms in total. The van der Waals surface area contributed by atoms with Gasteiger partial charge >= 0.3 is 0 Å². The van der Waals surface area contributed by atoms with Crippen molar-refractivity contribution >= 4 is 33.0 Å². The van der Waals surface area contributed by atoms with Crippen molar-refractivity contribution in [2.45, 2.75) is 58.8 Å². The molecule has 0 N–H and O–H groups in total. The van der Waals surface area contributed by atoms with Crippen molar-refractivity contribution in [3.05, 3.63) is 198 Å². The molecule has 5 heteroatoms. The second kappa shape index (κ2) is 16.5. The summed E-state index contributed by atoms with van der Waals surface area (Å²) in [6.45, 7) is 13.8. The quantitative estimate of drug-likeness (QED) is 0.156. The molecule has 3 aromatic heterocycles. The van der Waals surface area contributed by atoms with Crippen LogP contribution in [-0.2, 0) is 25.5 Å². The number of imidazole rings is 1. The van der Waals surface area contributed by atoms with Crippen LogP contribution in [0.15, 0.2) is 168 Å². The number of benzene rings is 7. The Morgan fingerprint density at radius 1 is 0.613 bits per heavy atom. The Labute approximate surface area is 377 Å². The van der Waals surface area contributed by atoms with Gasteiger partial charge in [0.05, 0.1) is 22.4 Å². The van der Waals surface area contributed by atoms with Crippen molar-refractivity contribution in [1.82, 2.24) is 14.5 Å². The van der Waals surface area contributed by atoms with E-state index in [2.05, 4.69) is 172 Å². The topological polar surface area (TPSA) is 43.9 Å². The molecule has 0 atom stereocenters. The van der Waals surface area contributed by atoms with E-state index >= 15 is 0 Å². The van der Waals surface area contributed by atoms with E-state index in [1.165, 1.54) is 50.2 Å². The molecule has 1 radical (unpaired) electrons. The van der Waals surface area contributed by atoms with Gasteiger partial charge in [-0.25, -0.2) is 0 Å². The number of furan rings is 1. The third-order valence-electron chi connectivity index (χ3n) is 12.3. The summed E-state index contributed by atoms with van der Waals surface area (Å²) in [5, 5.41) is 2.21. The molecule has 0 aliphatic heterocycles. The zero-order valence-electron chi connectivity index (χ0n) is 35.8. The molecule has 0 unspecified atom stereocenters. The van der Waals surface area contributed by atoms with Crippen LogP contribution in [0.5, 0.6) is 0 Å². The summed E-state index contributed by atoms with van der Waals surface area (Å²) in [6, 6.07) is 62.0. The molecule has 0 fully saturated rings. The smallest absolute Gasteiger partial charge is 0.121 e. The van der Waals surface area contributed by atoms with Crippen molar-refractivity contribution in [2.24, 2.45) is 0 Å². The maximum absolute atomic E-state index is 6.89. The van der Waals surface area contributed by atoms with Gasteiger partial charge in [0.25, 0.3) is 0 Å². The number of rotatable bonds is 6. The van der Waals surface area contributed by atoms with Gasteiger partial charge in [0, 0.05) is 42.8 Å². The average Bonchev–Trinajstić information content (AvgIpc) is 3.94. The first kappa shape index (κ1) is 41.0. The van der Waals surface area contributed by atoms with Crippen LogP contribution in [0.2, 0.25) is 0 Å². The van der Waals surface area contributed by atoms with Crippen molar-refractivity contribution in [3.8, 4) is 50.6 Å². The van der Waals surface area contributed by atoms with Crippen molar-refractivity contribution in [1.29, 1.82) is 0 Å². The Morgan fingerprint density at radius 2 is 1.32 bits per heavy atom. The van der Waals surface area contributed by atoms with E-state index in [9.17, 15) is 0 Å². The van der Waals surface area contributed by atoms with Crippen molar-refractivity contribution in [3.63, 3.8) is 0 Å². The van der Waals surface area contributed by atoms with Gasteiger partial charge in [-0.15, -0.1) is 54.1 Å². The number of hydrogen-bond acceptors (Lipinski definition) is 3. The Kier molecular flexibility index (Phi) is 10.9. The third kappa shape index (κ3) is 7.00. The minimum atomic E-state index is -0.103. The molecule has 3 heterocycles. The van der Waals surface area contributed by atoms with Gasteiger partial charge in [0.15, 0.2) is 0 Å². The number of pyridine rings is 1. The largest absolute Gasteiger partial charge is 0.501 e. The molecule has 307 valence electrons. The minimum absolute atomic E-state index is 0. The van der Waals surface area contributed by atoms with Crippen LogP contribution in [-0.4, -0.2) is 14.5 Å². The molecule has 11 rings (SSSR count). The summed E-state index contributed by atoms with van der Waals surface area (Å²) in [6.07, 6.45) is 1.79. The van der Waals surface area contributed by atoms with E-state index < -0.39 is 0 Å². The summed E-state index contributed by atoms with van der Waals surface area (Å²) < 4.78 is 9.27. The molecular formula is C57H47IrN3O-2. The molecule has 1 aliphatic rings. The maximum atomic E-state index is 6.89. The number of nitrogens with zero attached hydrogens (tertiary/aromatic N) is 3. The summed E-state index contributed by atoms with van der Waals surface area (Å²) >= 11 is 0. The zero-order chi connectivity index (χ0) is 41.8. The predicted octanol–water partition coefficient (Wildman–Crippen LogP) is 15.2. The molecule has 1 aliphatic carbocycles. The predicted molar refractivity (Wildman–Crippen MR) is 252 cm³/mol. The molecule has 7 aromatic carbocycles. The van der Waals surface area contributed by atoms with Gasteiger partial charge in [-0.2, -0.15) is 0 Å². The fraction of sp³-hybridized carbons (Fsp3) is 0.158. The molecule has 0 saturated heterocycles. The van der Waals surface area contributed by atoms with Gasteiger partial charge in [0.1, 0.15) is 5.58 Å². The summed E-state index contributed by atoms with van der Waals surface area (Å²) in [5.41, 5.74) is 18.1. The first-order valence-electron chi connectivity index (χ1n) is 21.3. The second-order valence-electron chi connectivity index (χ2n) is 17.2. The molecule has 10 aromatic rings. The van der Waals surface area contributed by atoms with Crippen molar-refractivity contribution in [2.75, 3.05) is 0 Å². The van der Waals surface area contributed by atoms with E-state index in [0.717, 1.165) is 55.6 Å². The standard InChI is InChI=1S/C46H39N2O.C11H8N.Ir/c1-27(2)34-23-30(29-15-8-7-9-16-29)24-35(28(3)4)43(34)48-41-22-13-12-21-40(41)47-45(48)33-19-14-18-32-37-25-36-31-17-10-11-20-38(31)46(5,6)39(36)26-42(37)49-44(32)33;1-2-6-10(7-3-1)11-8-4-5-9-12-11;/h7-18,20-28H,1-6H3;1-6,8-9H;/q2*-1;. The van der Waals surface area contributed by atoms with Gasteiger partial charge in [-0.1, -0.05) is 131 Å². The zero-order valence-corrected chi connectivity index (χ0v) is 38.2. The Bertz CT molecular complexity index is 3150. The van der Waals surface area contributed by atoms with Gasteiger partial charge in [-0.3, -0.25) is 4.98 Å². The maximum Gasteiger partial charge on any atom is 0.121 e. The monoisotopic (exact) mass is 982 g/mol. The number of aromatic nitrogens is 3. The van der Waals surface area contributed by atoms with Crippen LogP contribution < -0.4 is 0 Å². The fourth-order valence-electron chi connectivity index (χ4n) is 9.21. The number of hydrogen-bond donors (Lipinski definition) is 0. The van der Waals surface area contributed by atoms with Gasteiger partial charge in [0.2, 0.25) is 0 Å². The number of para-hydroxylation sites is 2. The summed E-state index contributed by atoms with van der Waals surface area (Å²) in [4.78, 5) is 9.57. The summed E-state index contributed by atoms with van der Waals surface area (Å²) in [7, 11) is 0. The fourth-order valence-corrected chi connectivity index (χ4v) is 9.21. The van der Waals surface area contributed by atoms with Gasteiger partial charge in [-0.05, 0) is 105 Å². The first-order chi connectivity index (χ1) is 29.7. The minimum Gasteiger partial charge on any atom is -0.501 e. The Morgan fingerprint density at radius 3 is 2.05 bits per heavy atom. The van der Waals surface area contributed by atoms with E-state index in [0.29, 0.717) is 0 Å². The van der Waals surface area contributed by atoms with Crippen LogP contribution in [0.3, 0.4) is 0 Å². The van der Waals surface area contributed by atoms with Crippen molar-refractivity contribution < 1.29 is 24.5 Å². The van der Waals surface area contributed by atoms with Crippen LogP contribution in [0.1, 0.15) is 75.6 Å². The van der Waals surface area contributed by atoms with E-state index in [1.54, 1.807) is 6.20 Å². The average molecular weight is 982 g/mol. The summed E-state index contributed by atoms with van der Waals surface area (Å²) in [5.74, 6) is 1.41. The van der Waals surface area contributed by atoms with Crippen LogP contribution in [0.25, 0.3) is 83.6 Å². The van der Waals surface area contributed by atoms with Crippen LogP contribution in [0.4, 0.5) is 0 Å². The first-order valence-corrected chi connectivity index (χ1v) is 21.3. The van der Waals surface area contributed by atoms with E-state index in [4.69, 9.17) is 9.40 Å². The van der Waals surface area contributed by atoms with E-state index in [-0.39, 0.29) is 37.4 Å². The molecular weight excluding hydrogens is 935 g/mol.